The highest BCUT2D eigenvalue weighted by molar-refractivity contribution is 7.92. The van der Waals surface area contributed by atoms with Crippen LogP contribution in [0.4, 0.5) is 5.69 Å². The van der Waals surface area contributed by atoms with Crippen molar-refractivity contribution < 1.29 is 18.3 Å². The number of benzene rings is 2. The van der Waals surface area contributed by atoms with Gasteiger partial charge in [-0.2, -0.15) is 4.80 Å². The lowest BCUT2D eigenvalue weighted by atomic mass is 10.2. The second-order valence-corrected chi connectivity index (χ2v) is 7.22. The molecular weight excluding hydrogens is 358 g/mol. The highest BCUT2D eigenvalue weighted by Gasteiger charge is 2.15. The number of carboxylic acid groups (broad SMARTS) is 1. The van der Waals surface area contributed by atoms with Gasteiger partial charge in [0.25, 0.3) is 10.0 Å². The van der Waals surface area contributed by atoms with E-state index in [9.17, 15) is 13.2 Å². The molecule has 0 atom stereocenters. The molecule has 0 aliphatic rings. The average molecular weight is 373 g/mol. The van der Waals surface area contributed by atoms with E-state index in [1.54, 1.807) is 36.4 Å². The van der Waals surface area contributed by atoms with Gasteiger partial charge in [-0.05, 0) is 36.4 Å². The van der Waals surface area contributed by atoms with Crippen molar-refractivity contribution in [2.24, 2.45) is 0 Å². The molecule has 0 aliphatic heterocycles. The number of carbonyl (C=O) groups is 1. The standard InChI is InChI=1S/C16H15N5O4S/c1-11-5-7-14(8-6-11)26(24,25)19-13-4-2-3-12(9-13)16-17-20-21(18-16)10-15(22)23/h2-9,19H,10H2,1H3,(H,22,23). The Labute approximate surface area is 149 Å². The summed E-state index contributed by atoms with van der Waals surface area (Å²) in [6.45, 7) is 1.46. The van der Waals surface area contributed by atoms with Crippen LogP contribution >= 0.6 is 0 Å². The monoisotopic (exact) mass is 373 g/mol. The van der Waals surface area contributed by atoms with Gasteiger partial charge in [0, 0.05) is 11.3 Å². The number of aryl methyl sites for hydroxylation is 1. The molecule has 0 saturated carbocycles. The van der Waals surface area contributed by atoms with E-state index < -0.39 is 22.5 Å². The Balaban J connectivity index is 1.84. The van der Waals surface area contributed by atoms with Crippen molar-refractivity contribution in [1.29, 1.82) is 0 Å². The number of aromatic nitrogens is 4. The summed E-state index contributed by atoms with van der Waals surface area (Å²) in [5, 5.41) is 20.1. The molecule has 0 saturated heterocycles. The fraction of sp³-hybridized carbons (Fsp3) is 0.125. The predicted octanol–water partition coefficient (Wildman–Crippen LogP) is 1.53. The van der Waals surface area contributed by atoms with Crippen molar-refractivity contribution in [2.75, 3.05) is 4.72 Å². The number of hydrogen-bond donors (Lipinski definition) is 2. The second kappa shape index (κ2) is 6.92. The van der Waals surface area contributed by atoms with Gasteiger partial charge in [0.1, 0.15) is 0 Å². The topological polar surface area (TPSA) is 127 Å². The van der Waals surface area contributed by atoms with E-state index in [0.717, 1.165) is 10.4 Å². The van der Waals surface area contributed by atoms with Crippen molar-refractivity contribution in [1.82, 2.24) is 20.2 Å². The maximum Gasteiger partial charge on any atom is 0.327 e. The Morgan fingerprint density at radius 3 is 2.62 bits per heavy atom. The van der Waals surface area contributed by atoms with Crippen molar-refractivity contribution >= 4 is 21.7 Å². The van der Waals surface area contributed by atoms with Gasteiger partial charge in [0.2, 0.25) is 5.82 Å². The predicted molar refractivity (Wildman–Crippen MR) is 92.9 cm³/mol. The van der Waals surface area contributed by atoms with Crippen LogP contribution in [0, 0.1) is 6.92 Å². The zero-order valence-corrected chi connectivity index (χ0v) is 14.5. The van der Waals surface area contributed by atoms with Gasteiger partial charge in [-0.3, -0.25) is 9.52 Å². The highest BCUT2D eigenvalue weighted by atomic mass is 32.2. The second-order valence-electron chi connectivity index (χ2n) is 5.54. The van der Waals surface area contributed by atoms with Crippen LogP contribution in [0.15, 0.2) is 53.4 Å². The van der Waals surface area contributed by atoms with E-state index in [0.29, 0.717) is 11.3 Å². The number of anilines is 1. The van der Waals surface area contributed by atoms with Gasteiger partial charge in [-0.15, -0.1) is 10.2 Å². The molecule has 0 fully saturated rings. The van der Waals surface area contributed by atoms with Crippen LogP contribution in [0.25, 0.3) is 11.4 Å². The van der Waals surface area contributed by atoms with Gasteiger partial charge >= 0.3 is 5.97 Å². The number of rotatable bonds is 6. The first-order valence-corrected chi connectivity index (χ1v) is 9.01. The summed E-state index contributed by atoms with van der Waals surface area (Å²) < 4.78 is 27.4. The van der Waals surface area contributed by atoms with Crippen LogP contribution in [-0.2, 0) is 21.4 Å². The SMILES string of the molecule is Cc1ccc(S(=O)(=O)Nc2cccc(-c3nnn(CC(=O)O)n3)c2)cc1. The summed E-state index contributed by atoms with van der Waals surface area (Å²) in [5.41, 5.74) is 1.80. The van der Waals surface area contributed by atoms with Gasteiger partial charge in [0.15, 0.2) is 6.54 Å². The van der Waals surface area contributed by atoms with Gasteiger partial charge < -0.3 is 5.11 Å². The molecule has 3 aromatic rings. The molecule has 26 heavy (non-hydrogen) atoms. The number of tetrazole rings is 1. The average Bonchev–Trinajstić information content (AvgIpc) is 3.03. The number of carboxylic acids is 1. The first-order chi connectivity index (χ1) is 12.3. The summed E-state index contributed by atoms with van der Waals surface area (Å²) in [4.78, 5) is 11.8. The third kappa shape index (κ3) is 4.03. The number of sulfonamides is 1. The zero-order valence-electron chi connectivity index (χ0n) is 13.7. The van der Waals surface area contributed by atoms with Crippen LogP contribution < -0.4 is 4.72 Å². The molecule has 0 amide bonds. The lowest BCUT2D eigenvalue weighted by molar-refractivity contribution is -0.138. The van der Waals surface area contributed by atoms with E-state index in [1.165, 1.54) is 12.1 Å². The summed E-state index contributed by atoms with van der Waals surface area (Å²) in [5.74, 6) is -0.892. The van der Waals surface area contributed by atoms with Gasteiger partial charge in [-0.1, -0.05) is 29.8 Å². The molecule has 9 nitrogen and oxygen atoms in total. The zero-order chi connectivity index (χ0) is 18.7. The Morgan fingerprint density at radius 2 is 1.92 bits per heavy atom. The summed E-state index contributed by atoms with van der Waals surface area (Å²) >= 11 is 0. The Kier molecular flexibility index (Phi) is 4.67. The molecule has 2 N–H and O–H groups in total. The first-order valence-electron chi connectivity index (χ1n) is 7.53. The lowest BCUT2D eigenvalue weighted by Crippen LogP contribution is -2.13. The van der Waals surface area contributed by atoms with E-state index in [1.807, 2.05) is 6.92 Å². The smallest absolute Gasteiger partial charge is 0.327 e. The largest absolute Gasteiger partial charge is 0.480 e. The molecule has 134 valence electrons. The molecule has 0 unspecified atom stereocenters. The summed E-state index contributed by atoms with van der Waals surface area (Å²) in [6.07, 6.45) is 0. The van der Waals surface area contributed by atoms with Crippen LogP contribution in [0.3, 0.4) is 0 Å². The third-order valence-electron chi connectivity index (χ3n) is 3.43. The third-order valence-corrected chi connectivity index (χ3v) is 4.83. The molecule has 3 rings (SSSR count). The van der Waals surface area contributed by atoms with E-state index in [-0.39, 0.29) is 10.7 Å². The van der Waals surface area contributed by atoms with Crippen molar-refractivity contribution in [3.05, 3.63) is 54.1 Å². The lowest BCUT2D eigenvalue weighted by Gasteiger charge is -2.09. The van der Waals surface area contributed by atoms with E-state index in [2.05, 4.69) is 20.1 Å². The Hall–Kier alpha value is -3.27. The van der Waals surface area contributed by atoms with Crippen molar-refractivity contribution in [3.63, 3.8) is 0 Å². The normalized spacial score (nSPS) is 11.3. The Morgan fingerprint density at radius 1 is 1.19 bits per heavy atom. The van der Waals surface area contributed by atoms with Crippen molar-refractivity contribution in [3.8, 4) is 11.4 Å². The minimum Gasteiger partial charge on any atom is -0.480 e. The Bertz CT molecular complexity index is 1040. The first kappa shape index (κ1) is 17.5. The summed E-state index contributed by atoms with van der Waals surface area (Å²) in [6, 6.07) is 12.9. The van der Waals surface area contributed by atoms with E-state index in [4.69, 9.17) is 5.11 Å². The van der Waals surface area contributed by atoms with Crippen molar-refractivity contribution in [2.45, 2.75) is 18.4 Å². The summed E-state index contributed by atoms with van der Waals surface area (Å²) in [7, 11) is -3.73. The molecule has 1 aromatic heterocycles. The fourth-order valence-corrected chi connectivity index (χ4v) is 3.25. The molecule has 0 spiro atoms. The van der Waals surface area contributed by atoms with Crippen LogP contribution in [-0.4, -0.2) is 39.7 Å². The van der Waals surface area contributed by atoms with Gasteiger partial charge in [0.05, 0.1) is 4.90 Å². The molecule has 1 heterocycles. The molecule has 0 bridgehead atoms. The molecule has 0 aliphatic carbocycles. The van der Waals surface area contributed by atoms with Crippen LogP contribution in [0.1, 0.15) is 5.56 Å². The number of hydrogen-bond acceptors (Lipinski definition) is 6. The molecule has 2 aromatic carbocycles. The molecule has 10 heteroatoms. The van der Waals surface area contributed by atoms with E-state index >= 15 is 0 Å². The van der Waals surface area contributed by atoms with Crippen LogP contribution in [0.5, 0.6) is 0 Å². The van der Waals surface area contributed by atoms with Gasteiger partial charge in [-0.25, -0.2) is 8.42 Å². The number of nitrogens with one attached hydrogen (secondary N) is 1. The highest BCUT2D eigenvalue weighted by Crippen LogP contribution is 2.21. The minimum absolute atomic E-state index is 0.152. The maximum atomic E-state index is 12.5. The maximum absolute atomic E-state index is 12.5. The number of aliphatic carboxylic acids is 1. The fourth-order valence-electron chi connectivity index (χ4n) is 2.20. The number of nitrogens with zero attached hydrogens (tertiary/aromatic N) is 4. The molecular formula is C16H15N5O4S. The quantitative estimate of drug-likeness (QED) is 0.671. The molecule has 0 radical (unpaired) electrons. The minimum atomic E-state index is -3.73. The van der Waals surface area contributed by atoms with Crippen LogP contribution in [0.2, 0.25) is 0 Å².